The Morgan fingerprint density at radius 1 is 0.778 bits per heavy atom. The largest absolute Gasteiger partial charge is 0.192 e. The van der Waals surface area contributed by atoms with Crippen molar-refractivity contribution in [3.63, 3.8) is 0 Å². The third kappa shape index (κ3) is 1.69. The first-order valence-electron chi connectivity index (χ1n) is 5.00. The smallest absolute Gasteiger partial charge is 0.101 e. The second kappa shape index (κ2) is 4.84. The summed E-state index contributed by atoms with van der Waals surface area (Å²) in [5, 5.41) is 37.0. The van der Waals surface area contributed by atoms with Gasteiger partial charge in [-0.25, -0.2) is 0 Å². The molecule has 1 rings (SSSR count). The molecule has 0 amide bonds. The van der Waals surface area contributed by atoms with Crippen LogP contribution in [0.5, 0.6) is 0 Å². The zero-order chi connectivity index (χ0) is 13.9. The standard InChI is InChI=1S/C14H8N4/c1-8(2)14-12(6-17)10(4-15)9(3)11(5-16)13(14)7-18/h3H2,1-2H3. The van der Waals surface area contributed by atoms with Crippen LogP contribution in [0.15, 0.2) is 0 Å². The minimum atomic E-state index is 0.0595. The molecule has 4 heteroatoms. The molecule has 0 saturated heterocycles. The van der Waals surface area contributed by atoms with E-state index in [1.165, 1.54) is 0 Å². The summed E-state index contributed by atoms with van der Waals surface area (Å²) in [5.74, 6) is 0. The number of nitrogens with zero attached hydrogens (tertiary/aromatic N) is 4. The highest BCUT2D eigenvalue weighted by atomic mass is 14.3. The predicted molar refractivity (Wildman–Crippen MR) is 64.8 cm³/mol. The van der Waals surface area contributed by atoms with Gasteiger partial charge in [-0.2, -0.15) is 21.0 Å². The van der Waals surface area contributed by atoms with Crippen molar-refractivity contribution < 1.29 is 0 Å². The fraction of sp³-hybridized carbons (Fsp3) is 0.143. The summed E-state index contributed by atoms with van der Waals surface area (Å²) < 4.78 is 0. The number of hydrogen-bond acceptors (Lipinski definition) is 4. The maximum atomic E-state index is 9.15. The Morgan fingerprint density at radius 3 is 1.33 bits per heavy atom. The van der Waals surface area contributed by atoms with Gasteiger partial charge in [0.1, 0.15) is 24.3 Å². The second-order valence-corrected chi connectivity index (χ2v) is 3.80. The first-order chi connectivity index (χ1) is 8.53. The van der Waals surface area contributed by atoms with Gasteiger partial charge in [-0.3, -0.25) is 0 Å². The summed E-state index contributed by atoms with van der Waals surface area (Å²) in [7, 11) is 0. The highest BCUT2D eigenvalue weighted by molar-refractivity contribution is 5.64. The first-order valence-corrected chi connectivity index (χ1v) is 5.00. The molecular formula is C14H8N4. The van der Waals surface area contributed by atoms with Crippen molar-refractivity contribution in [2.75, 3.05) is 0 Å². The molecule has 0 spiro atoms. The van der Waals surface area contributed by atoms with Crippen LogP contribution in [0, 0.1) is 45.3 Å². The molecule has 0 radical (unpaired) electrons. The van der Waals surface area contributed by atoms with Gasteiger partial charge < -0.3 is 0 Å². The van der Waals surface area contributed by atoms with Gasteiger partial charge in [0.25, 0.3) is 0 Å². The Kier molecular flexibility index (Phi) is 3.49. The number of benzene rings is 1. The molecule has 0 unspecified atom stereocenters. The predicted octanol–water partition coefficient (Wildman–Crippen LogP) is 0.774. The van der Waals surface area contributed by atoms with Gasteiger partial charge in [-0.1, -0.05) is 12.2 Å². The van der Waals surface area contributed by atoms with E-state index >= 15 is 0 Å². The van der Waals surface area contributed by atoms with Crippen molar-refractivity contribution in [1.82, 2.24) is 0 Å². The van der Waals surface area contributed by atoms with Crippen molar-refractivity contribution in [2.24, 2.45) is 0 Å². The van der Waals surface area contributed by atoms with Crippen molar-refractivity contribution in [3.05, 3.63) is 32.7 Å². The van der Waals surface area contributed by atoms with Crippen LogP contribution in [0.4, 0.5) is 0 Å². The molecule has 1 aromatic carbocycles. The number of hydrogen-bond donors (Lipinski definition) is 0. The third-order valence-corrected chi connectivity index (χ3v) is 2.55. The lowest BCUT2D eigenvalue weighted by molar-refractivity contribution is 1.29. The molecule has 84 valence electrons. The summed E-state index contributed by atoms with van der Waals surface area (Å²) in [5.41, 5.74) is 1.04. The van der Waals surface area contributed by atoms with E-state index in [4.69, 9.17) is 21.0 Å². The molecule has 0 bridgehead atoms. The van der Waals surface area contributed by atoms with Gasteiger partial charge in [-0.15, -0.1) is 0 Å². The molecule has 0 N–H and O–H groups in total. The van der Waals surface area contributed by atoms with E-state index in [-0.39, 0.29) is 27.5 Å². The molecule has 18 heavy (non-hydrogen) atoms. The average Bonchev–Trinajstić information content (AvgIpc) is 2.36. The van der Waals surface area contributed by atoms with Crippen LogP contribution in [0.2, 0.25) is 0 Å². The minimum absolute atomic E-state index is 0.0595. The molecule has 0 heterocycles. The maximum Gasteiger partial charge on any atom is 0.101 e. The van der Waals surface area contributed by atoms with Gasteiger partial charge in [0.05, 0.1) is 22.3 Å². The van der Waals surface area contributed by atoms with Crippen LogP contribution in [0.3, 0.4) is 0 Å². The Balaban J connectivity index is 4.38. The highest BCUT2D eigenvalue weighted by Crippen LogP contribution is 2.06. The Morgan fingerprint density at radius 2 is 1.11 bits per heavy atom. The maximum absolute atomic E-state index is 9.15. The van der Waals surface area contributed by atoms with E-state index in [1.807, 2.05) is 24.3 Å². The van der Waals surface area contributed by atoms with E-state index in [0.29, 0.717) is 10.8 Å². The number of rotatable bonds is 0. The van der Waals surface area contributed by atoms with E-state index in [2.05, 4.69) is 6.58 Å². The first kappa shape index (κ1) is 13.0. The van der Waals surface area contributed by atoms with Gasteiger partial charge in [0.2, 0.25) is 0 Å². The zero-order valence-corrected chi connectivity index (χ0v) is 10.00. The molecule has 1 aromatic rings. The topological polar surface area (TPSA) is 95.2 Å². The Labute approximate surface area is 105 Å². The highest BCUT2D eigenvalue weighted by Gasteiger charge is 2.16. The SMILES string of the molecule is C=c1c(C#N)c(C#N)c(=C(C)C)c(C#N)c1C#N. The van der Waals surface area contributed by atoms with Crippen LogP contribution >= 0.6 is 0 Å². The summed E-state index contributed by atoms with van der Waals surface area (Å²) in [4.78, 5) is 0. The fourth-order valence-electron chi connectivity index (χ4n) is 1.77. The molecular weight excluding hydrogens is 224 g/mol. The van der Waals surface area contributed by atoms with E-state index in [9.17, 15) is 0 Å². The Hall–Kier alpha value is -3.08. The van der Waals surface area contributed by atoms with Crippen molar-refractivity contribution in [1.29, 1.82) is 21.0 Å². The lowest BCUT2D eigenvalue weighted by Gasteiger charge is -2.05. The summed E-state index contributed by atoms with van der Waals surface area (Å²) >= 11 is 0. The average molecular weight is 232 g/mol. The van der Waals surface area contributed by atoms with Crippen molar-refractivity contribution >= 4 is 12.2 Å². The lowest BCUT2D eigenvalue weighted by Crippen LogP contribution is -2.26. The van der Waals surface area contributed by atoms with Crippen molar-refractivity contribution in [3.8, 4) is 24.3 Å². The lowest BCUT2D eigenvalue weighted by atomic mass is 9.93. The van der Waals surface area contributed by atoms with Crippen LogP contribution in [-0.2, 0) is 0 Å². The van der Waals surface area contributed by atoms with Crippen LogP contribution in [0.1, 0.15) is 36.1 Å². The zero-order valence-electron chi connectivity index (χ0n) is 10.00. The van der Waals surface area contributed by atoms with Gasteiger partial charge in [0.15, 0.2) is 0 Å². The summed E-state index contributed by atoms with van der Waals surface area (Å²) in [6, 6.07) is 7.59. The molecule has 0 fully saturated rings. The summed E-state index contributed by atoms with van der Waals surface area (Å²) in [6.07, 6.45) is 0. The minimum Gasteiger partial charge on any atom is -0.192 e. The van der Waals surface area contributed by atoms with E-state index < -0.39 is 0 Å². The molecule has 0 aliphatic heterocycles. The molecule has 0 atom stereocenters. The molecule has 4 nitrogen and oxygen atoms in total. The van der Waals surface area contributed by atoms with Gasteiger partial charge in [0, 0.05) is 10.4 Å². The third-order valence-electron chi connectivity index (χ3n) is 2.55. The van der Waals surface area contributed by atoms with Crippen LogP contribution in [0.25, 0.3) is 12.2 Å². The normalized spacial score (nSPS) is 8.56. The Bertz CT molecular complexity index is 739. The van der Waals surface area contributed by atoms with Gasteiger partial charge >= 0.3 is 0 Å². The quantitative estimate of drug-likeness (QED) is 0.660. The molecule has 0 aromatic heterocycles. The fourth-order valence-corrected chi connectivity index (χ4v) is 1.77. The van der Waals surface area contributed by atoms with Crippen LogP contribution in [-0.4, -0.2) is 0 Å². The molecule has 0 aliphatic rings. The van der Waals surface area contributed by atoms with E-state index in [1.54, 1.807) is 13.8 Å². The molecule has 0 saturated carbocycles. The summed E-state index contributed by atoms with van der Waals surface area (Å²) in [6.45, 7) is 7.07. The monoisotopic (exact) mass is 232 g/mol. The van der Waals surface area contributed by atoms with Gasteiger partial charge in [-0.05, 0) is 13.8 Å². The van der Waals surface area contributed by atoms with E-state index in [0.717, 1.165) is 0 Å². The van der Waals surface area contributed by atoms with Crippen molar-refractivity contribution in [2.45, 2.75) is 13.8 Å². The second-order valence-electron chi connectivity index (χ2n) is 3.80. The van der Waals surface area contributed by atoms with Crippen LogP contribution < -0.4 is 10.4 Å². The molecule has 0 aliphatic carbocycles. The number of nitriles is 4.